The van der Waals surface area contributed by atoms with Gasteiger partial charge in [0.2, 0.25) is 11.0 Å². The molecular weight excluding hydrogens is 384 g/mol. The number of rotatable bonds is 4. The minimum Gasteiger partial charge on any atom is -0.374 e. The molecular formula is C18H16N4OS3. The summed E-state index contributed by atoms with van der Waals surface area (Å²) in [4.78, 5) is 17.5. The zero-order valence-corrected chi connectivity index (χ0v) is 16.4. The summed E-state index contributed by atoms with van der Waals surface area (Å²) in [6.45, 7) is 2.01. The lowest BCUT2D eigenvalue weighted by Crippen LogP contribution is -2.35. The van der Waals surface area contributed by atoms with Gasteiger partial charge in [-0.2, -0.15) is 0 Å². The minimum absolute atomic E-state index is 0.0477. The number of carbonyl (C=O) groups excluding carboxylic acids is 1. The second-order valence-corrected chi connectivity index (χ2v) is 9.17. The molecule has 1 atom stereocenters. The quantitative estimate of drug-likeness (QED) is 0.633. The van der Waals surface area contributed by atoms with E-state index < -0.39 is 0 Å². The Morgan fingerprint density at radius 3 is 2.27 bits per heavy atom. The number of fused-ring (bicyclic) bond motifs is 2. The van der Waals surface area contributed by atoms with Crippen LogP contribution in [0.25, 0.3) is 0 Å². The predicted molar refractivity (Wildman–Crippen MR) is 108 cm³/mol. The number of anilines is 3. The molecule has 0 unspecified atom stereocenters. The molecule has 0 bridgehead atoms. The Kier molecular flexibility index (Phi) is 4.88. The maximum absolute atomic E-state index is 13.5. The predicted octanol–water partition coefficient (Wildman–Crippen LogP) is 4.82. The molecule has 0 saturated heterocycles. The Balaban J connectivity index is 1.72. The van der Waals surface area contributed by atoms with Crippen LogP contribution in [0.5, 0.6) is 0 Å². The Labute approximate surface area is 164 Å². The van der Waals surface area contributed by atoms with E-state index in [-0.39, 0.29) is 11.2 Å². The van der Waals surface area contributed by atoms with Gasteiger partial charge in [0.25, 0.3) is 0 Å². The van der Waals surface area contributed by atoms with Crippen molar-refractivity contribution in [3.8, 4) is 0 Å². The molecule has 132 valence electrons. The van der Waals surface area contributed by atoms with E-state index in [0.717, 1.165) is 25.5 Å². The molecule has 26 heavy (non-hydrogen) atoms. The van der Waals surface area contributed by atoms with E-state index in [4.69, 9.17) is 5.73 Å². The molecule has 1 aromatic heterocycles. The van der Waals surface area contributed by atoms with E-state index in [1.54, 1.807) is 11.8 Å². The van der Waals surface area contributed by atoms with Crippen LogP contribution in [-0.2, 0) is 4.79 Å². The lowest BCUT2D eigenvalue weighted by Gasteiger charge is -2.33. The number of nitrogens with zero attached hydrogens (tertiary/aromatic N) is 3. The number of hydrogen-bond donors (Lipinski definition) is 1. The second-order valence-electron chi connectivity index (χ2n) is 5.63. The third-order valence-corrected chi connectivity index (χ3v) is 7.28. The van der Waals surface area contributed by atoms with Crippen molar-refractivity contribution >= 4 is 57.3 Å². The molecule has 1 aliphatic rings. The highest BCUT2D eigenvalue weighted by Gasteiger charge is 2.32. The van der Waals surface area contributed by atoms with E-state index in [1.165, 1.54) is 23.1 Å². The molecule has 1 aliphatic heterocycles. The fourth-order valence-electron chi connectivity index (χ4n) is 2.78. The number of carbonyl (C=O) groups is 1. The molecule has 4 rings (SSSR count). The zero-order chi connectivity index (χ0) is 18.1. The number of nitrogens with two attached hydrogens (primary N) is 1. The normalized spacial score (nSPS) is 13.8. The van der Waals surface area contributed by atoms with Gasteiger partial charge in [0.15, 0.2) is 4.34 Å². The van der Waals surface area contributed by atoms with E-state index in [9.17, 15) is 4.79 Å². The lowest BCUT2D eigenvalue weighted by molar-refractivity contribution is -0.117. The Morgan fingerprint density at radius 1 is 1.12 bits per heavy atom. The van der Waals surface area contributed by atoms with Crippen molar-refractivity contribution in [1.82, 2.24) is 10.2 Å². The van der Waals surface area contributed by atoms with Crippen LogP contribution in [0.4, 0.5) is 16.5 Å². The van der Waals surface area contributed by atoms with Gasteiger partial charge in [-0.15, -0.1) is 10.2 Å². The average molecular weight is 401 g/mol. The second kappa shape index (κ2) is 7.30. The summed E-state index contributed by atoms with van der Waals surface area (Å²) in [7, 11) is 0. The highest BCUT2D eigenvalue weighted by Crippen LogP contribution is 2.48. The van der Waals surface area contributed by atoms with E-state index in [1.807, 2.05) is 48.2 Å². The van der Waals surface area contributed by atoms with Gasteiger partial charge in [0, 0.05) is 9.79 Å². The number of hydrogen-bond acceptors (Lipinski definition) is 7. The van der Waals surface area contributed by atoms with Crippen LogP contribution in [0.3, 0.4) is 0 Å². The summed E-state index contributed by atoms with van der Waals surface area (Å²) < 4.78 is 0.718. The maximum Gasteiger partial charge on any atom is 0.245 e. The number of thioether (sulfide) groups is 1. The average Bonchev–Trinajstić information content (AvgIpc) is 3.08. The largest absolute Gasteiger partial charge is 0.374 e. The van der Waals surface area contributed by atoms with Crippen molar-refractivity contribution in [1.29, 1.82) is 0 Å². The molecule has 0 saturated carbocycles. The van der Waals surface area contributed by atoms with Gasteiger partial charge >= 0.3 is 0 Å². The maximum atomic E-state index is 13.5. The molecule has 2 aromatic carbocycles. The van der Waals surface area contributed by atoms with Crippen molar-refractivity contribution in [2.75, 3.05) is 10.6 Å². The third-order valence-electron chi connectivity index (χ3n) is 3.96. The van der Waals surface area contributed by atoms with Gasteiger partial charge in [-0.25, -0.2) is 0 Å². The first-order valence-electron chi connectivity index (χ1n) is 8.13. The van der Waals surface area contributed by atoms with Crippen molar-refractivity contribution in [3.05, 3.63) is 48.5 Å². The molecule has 0 aliphatic carbocycles. The first-order valence-corrected chi connectivity index (χ1v) is 10.6. The van der Waals surface area contributed by atoms with Crippen molar-refractivity contribution < 1.29 is 4.79 Å². The monoisotopic (exact) mass is 400 g/mol. The summed E-state index contributed by atoms with van der Waals surface area (Å²) in [6, 6.07) is 16.0. The summed E-state index contributed by atoms with van der Waals surface area (Å²) in [5.74, 6) is 0.0477. The standard InChI is InChI=1S/C18H16N4OS3/c1-2-13(25-18-21-20-17(19)26-18)16(23)22-11-7-3-5-9-14(11)24-15-10-6-4-8-12(15)22/h3-10,13H,2H2,1H3,(H2,19,20)/t13-/m0/s1. The Bertz CT molecular complexity index is 913. The highest BCUT2D eigenvalue weighted by molar-refractivity contribution is 8.02. The van der Waals surface area contributed by atoms with Crippen LogP contribution in [0.15, 0.2) is 62.7 Å². The highest BCUT2D eigenvalue weighted by atomic mass is 32.2. The number of benzene rings is 2. The number of amides is 1. The molecule has 0 radical (unpaired) electrons. The molecule has 0 spiro atoms. The molecule has 5 nitrogen and oxygen atoms in total. The van der Waals surface area contributed by atoms with Crippen LogP contribution in [0, 0.1) is 0 Å². The van der Waals surface area contributed by atoms with Crippen LogP contribution < -0.4 is 10.6 Å². The van der Waals surface area contributed by atoms with Crippen molar-refractivity contribution in [2.45, 2.75) is 32.7 Å². The van der Waals surface area contributed by atoms with Crippen molar-refractivity contribution in [3.63, 3.8) is 0 Å². The molecule has 2 heterocycles. The smallest absolute Gasteiger partial charge is 0.245 e. The Hall–Kier alpha value is -2.03. The van der Waals surface area contributed by atoms with Crippen molar-refractivity contribution in [2.24, 2.45) is 0 Å². The van der Waals surface area contributed by atoms with Crippen LogP contribution in [0.1, 0.15) is 13.3 Å². The topological polar surface area (TPSA) is 72.1 Å². The number of para-hydroxylation sites is 2. The third kappa shape index (κ3) is 3.20. The SMILES string of the molecule is CC[C@H](Sc1nnc(N)s1)C(=O)N1c2ccccc2Sc2ccccc21. The first kappa shape index (κ1) is 17.4. The summed E-state index contributed by atoms with van der Waals surface area (Å²) in [5.41, 5.74) is 7.53. The van der Waals surface area contributed by atoms with Gasteiger partial charge in [0.05, 0.1) is 16.6 Å². The number of aromatic nitrogens is 2. The summed E-state index contributed by atoms with van der Waals surface area (Å²) in [5, 5.41) is 8.05. The lowest BCUT2D eigenvalue weighted by atomic mass is 10.2. The van der Waals surface area contributed by atoms with Crippen LogP contribution >= 0.6 is 34.9 Å². The summed E-state index contributed by atoms with van der Waals surface area (Å²) >= 11 is 4.43. The summed E-state index contributed by atoms with van der Waals surface area (Å²) in [6.07, 6.45) is 0.691. The minimum atomic E-state index is -0.258. The first-order chi connectivity index (χ1) is 12.7. The molecule has 1 amide bonds. The molecule has 3 aromatic rings. The fraction of sp³-hybridized carbons (Fsp3) is 0.167. The molecule has 8 heteroatoms. The van der Waals surface area contributed by atoms with Gasteiger partial charge < -0.3 is 5.73 Å². The van der Waals surface area contributed by atoms with Gasteiger partial charge in [0.1, 0.15) is 0 Å². The fourth-order valence-corrected chi connectivity index (χ4v) is 5.69. The molecule has 0 fully saturated rings. The van der Waals surface area contributed by atoms with E-state index >= 15 is 0 Å². The molecule has 2 N–H and O–H groups in total. The van der Waals surface area contributed by atoms with Crippen LogP contribution in [0.2, 0.25) is 0 Å². The van der Waals surface area contributed by atoms with Gasteiger partial charge in [-0.3, -0.25) is 9.69 Å². The van der Waals surface area contributed by atoms with Gasteiger partial charge in [-0.1, -0.05) is 66.0 Å². The zero-order valence-electron chi connectivity index (χ0n) is 14.0. The Morgan fingerprint density at radius 2 is 1.73 bits per heavy atom. The number of nitrogen functional groups attached to an aromatic ring is 1. The van der Waals surface area contributed by atoms with E-state index in [2.05, 4.69) is 22.3 Å². The van der Waals surface area contributed by atoms with Gasteiger partial charge in [-0.05, 0) is 30.7 Å². The van der Waals surface area contributed by atoms with Crippen LogP contribution in [-0.4, -0.2) is 21.4 Å². The van der Waals surface area contributed by atoms with E-state index in [0.29, 0.717) is 11.6 Å².